The lowest BCUT2D eigenvalue weighted by molar-refractivity contribution is -0.124. The highest BCUT2D eigenvalue weighted by molar-refractivity contribution is 5.86. The average molecular weight is 220 g/mol. The molecule has 1 aromatic rings. The lowest BCUT2D eigenvalue weighted by Crippen LogP contribution is -2.35. The van der Waals surface area contributed by atoms with Crippen molar-refractivity contribution in [3.63, 3.8) is 0 Å². The van der Waals surface area contributed by atoms with Gasteiger partial charge in [-0.2, -0.15) is 0 Å². The smallest absolute Gasteiger partial charge is 0.156 e. The molecule has 1 unspecified atom stereocenters. The van der Waals surface area contributed by atoms with Crippen LogP contribution in [0, 0.1) is 5.92 Å². The van der Waals surface area contributed by atoms with Gasteiger partial charge in [-0.05, 0) is 25.5 Å². The summed E-state index contributed by atoms with van der Waals surface area (Å²) in [5, 5.41) is 3.29. The Kier molecular flexibility index (Phi) is 4.62. The van der Waals surface area contributed by atoms with Crippen molar-refractivity contribution >= 4 is 5.78 Å². The first-order chi connectivity index (χ1) is 7.52. The molecule has 0 fully saturated rings. The van der Waals surface area contributed by atoms with E-state index in [0.29, 0.717) is 0 Å². The summed E-state index contributed by atoms with van der Waals surface area (Å²) in [6, 6.07) is 3.83. The highest BCUT2D eigenvalue weighted by atomic mass is 16.1. The SMILES string of the molecule is CC(C)NC(C(=O)C(C)C)c1cccnc1. The minimum absolute atomic E-state index is 0.0245. The monoisotopic (exact) mass is 220 g/mol. The van der Waals surface area contributed by atoms with Crippen molar-refractivity contribution in [2.24, 2.45) is 5.92 Å². The van der Waals surface area contributed by atoms with Crippen LogP contribution >= 0.6 is 0 Å². The molecule has 3 heteroatoms. The Balaban J connectivity index is 2.92. The fraction of sp³-hybridized carbons (Fsp3) is 0.538. The number of hydrogen-bond acceptors (Lipinski definition) is 3. The fourth-order valence-corrected chi connectivity index (χ4v) is 1.56. The van der Waals surface area contributed by atoms with E-state index in [0.717, 1.165) is 5.56 Å². The summed E-state index contributed by atoms with van der Waals surface area (Å²) in [4.78, 5) is 16.2. The van der Waals surface area contributed by atoms with E-state index >= 15 is 0 Å². The molecule has 0 aliphatic rings. The molecule has 0 saturated heterocycles. The molecule has 0 aromatic carbocycles. The molecule has 0 aliphatic heterocycles. The summed E-state index contributed by atoms with van der Waals surface area (Å²) in [5.74, 6) is 0.234. The van der Waals surface area contributed by atoms with Gasteiger partial charge in [0.15, 0.2) is 5.78 Å². The number of hydrogen-bond donors (Lipinski definition) is 1. The highest BCUT2D eigenvalue weighted by Gasteiger charge is 2.23. The van der Waals surface area contributed by atoms with Crippen molar-refractivity contribution in [1.29, 1.82) is 0 Å². The maximum absolute atomic E-state index is 12.1. The first-order valence-electron chi connectivity index (χ1n) is 5.72. The lowest BCUT2D eigenvalue weighted by atomic mass is 9.96. The minimum Gasteiger partial charge on any atom is -0.302 e. The van der Waals surface area contributed by atoms with Gasteiger partial charge in [-0.1, -0.05) is 19.9 Å². The zero-order valence-electron chi connectivity index (χ0n) is 10.4. The molecule has 3 nitrogen and oxygen atoms in total. The van der Waals surface area contributed by atoms with Crippen LogP contribution in [-0.4, -0.2) is 16.8 Å². The third-order valence-corrected chi connectivity index (χ3v) is 2.37. The molecule has 88 valence electrons. The summed E-state index contributed by atoms with van der Waals surface area (Å²) in [7, 11) is 0. The quantitative estimate of drug-likeness (QED) is 0.828. The first-order valence-corrected chi connectivity index (χ1v) is 5.72. The number of ketones is 1. The van der Waals surface area contributed by atoms with Crippen molar-refractivity contribution in [2.75, 3.05) is 0 Å². The van der Waals surface area contributed by atoms with Gasteiger partial charge in [0, 0.05) is 24.4 Å². The second-order valence-electron chi connectivity index (χ2n) is 4.60. The largest absolute Gasteiger partial charge is 0.302 e. The molecule has 0 aliphatic carbocycles. The molecule has 0 saturated carbocycles. The molecule has 0 bridgehead atoms. The topological polar surface area (TPSA) is 42.0 Å². The van der Waals surface area contributed by atoms with Gasteiger partial charge in [-0.3, -0.25) is 9.78 Å². The van der Waals surface area contributed by atoms with Gasteiger partial charge in [0.25, 0.3) is 0 Å². The van der Waals surface area contributed by atoms with E-state index in [-0.39, 0.29) is 23.8 Å². The van der Waals surface area contributed by atoms with Gasteiger partial charge >= 0.3 is 0 Å². The van der Waals surface area contributed by atoms with Crippen molar-refractivity contribution in [3.05, 3.63) is 30.1 Å². The van der Waals surface area contributed by atoms with Gasteiger partial charge in [-0.25, -0.2) is 0 Å². The van der Waals surface area contributed by atoms with Crippen molar-refractivity contribution < 1.29 is 4.79 Å². The first kappa shape index (κ1) is 12.8. The van der Waals surface area contributed by atoms with Crippen LogP contribution in [0.15, 0.2) is 24.5 Å². The number of nitrogens with one attached hydrogen (secondary N) is 1. The predicted octanol–water partition coefficient (Wildman–Crippen LogP) is 2.35. The molecule has 16 heavy (non-hydrogen) atoms. The van der Waals surface area contributed by atoms with Gasteiger partial charge in [-0.15, -0.1) is 0 Å². The van der Waals surface area contributed by atoms with E-state index < -0.39 is 0 Å². The van der Waals surface area contributed by atoms with Gasteiger partial charge in [0.2, 0.25) is 0 Å². The van der Waals surface area contributed by atoms with Gasteiger partial charge in [0.05, 0.1) is 6.04 Å². The molecular weight excluding hydrogens is 200 g/mol. The molecule has 1 N–H and O–H groups in total. The fourth-order valence-electron chi connectivity index (χ4n) is 1.56. The second-order valence-corrected chi connectivity index (χ2v) is 4.60. The predicted molar refractivity (Wildman–Crippen MR) is 65.1 cm³/mol. The Bertz CT molecular complexity index is 333. The Morgan fingerprint density at radius 2 is 2.00 bits per heavy atom. The van der Waals surface area contributed by atoms with Crippen LogP contribution in [0.2, 0.25) is 0 Å². The van der Waals surface area contributed by atoms with E-state index in [9.17, 15) is 4.79 Å². The lowest BCUT2D eigenvalue weighted by Gasteiger charge is -2.21. The maximum atomic E-state index is 12.1. The Morgan fingerprint density at radius 1 is 1.31 bits per heavy atom. The summed E-state index contributed by atoms with van der Waals surface area (Å²) in [5.41, 5.74) is 0.940. The van der Waals surface area contributed by atoms with E-state index in [1.165, 1.54) is 0 Å². The summed E-state index contributed by atoms with van der Waals surface area (Å²) >= 11 is 0. The average Bonchev–Trinajstić information content (AvgIpc) is 2.26. The van der Waals surface area contributed by atoms with Crippen LogP contribution in [0.1, 0.15) is 39.3 Å². The molecule has 0 amide bonds. The molecule has 1 heterocycles. The Labute approximate surface area is 97.3 Å². The maximum Gasteiger partial charge on any atom is 0.156 e. The van der Waals surface area contributed by atoms with Crippen LogP contribution in [0.4, 0.5) is 0 Å². The van der Waals surface area contributed by atoms with E-state index in [4.69, 9.17) is 0 Å². The Hall–Kier alpha value is -1.22. The zero-order chi connectivity index (χ0) is 12.1. The van der Waals surface area contributed by atoms with Crippen LogP contribution < -0.4 is 5.32 Å². The minimum atomic E-state index is -0.242. The molecule has 1 aromatic heterocycles. The van der Waals surface area contributed by atoms with Crippen molar-refractivity contribution in [1.82, 2.24) is 10.3 Å². The third kappa shape index (κ3) is 3.42. The Morgan fingerprint density at radius 3 is 2.44 bits per heavy atom. The summed E-state index contributed by atoms with van der Waals surface area (Å²) in [6.45, 7) is 7.93. The highest BCUT2D eigenvalue weighted by Crippen LogP contribution is 2.17. The standard InChI is InChI=1S/C13H20N2O/c1-9(2)13(16)12(15-10(3)4)11-6-5-7-14-8-11/h5-10,12,15H,1-4H3. The normalized spacial score (nSPS) is 13.1. The van der Waals surface area contributed by atoms with Crippen LogP contribution in [0.5, 0.6) is 0 Å². The summed E-state index contributed by atoms with van der Waals surface area (Å²) < 4.78 is 0. The number of rotatable bonds is 5. The molecule has 0 radical (unpaired) electrons. The number of carbonyl (C=O) groups excluding carboxylic acids is 1. The molecular formula is C13H20N2O. The van der Waals surface area contributed by atoms with E-state index in [2.05, 4.69) is 10.3 Å². The molecule has 1 atom stereocenters. The van der Waals surface area contributed by atoms with E-state index in [1.54, 1.807) is 12.4 Å². The number of Topliss-reactive ketones (excluding diaryl/α,β-unsaturated/α-hetero) is 1. The number of aromatic nitrogens is 1. The van der Waals surface area contributed by atoms with Crippen LogP contribution in [0.3, 0.4) is 0 Å². The van der Waals surface area contributed by atoms with Crippen LogP contribution in [-0.2, 0) is 4.79 Å². The number of pyridine rings is 1. The van der Waals surface area contributed by atoms with E-state index in [1.807, 2.05) is 39.8 Å². The number of nitrogens with zero attached hydrogens (tertiary/aromatic N) is 1. The van der Waals surface area contributed by atoms with Gasteiger partial charge < -0.3 is 5.32 Å². The zero-order valence-corrected chi connectivity index (χ0v) is 10.4. The van der Waals surface area contributed by atoms with Crippen molar-refractivity contribution in [3.8, 4) is 0 Å². The van der Waals surface area contributed by atoms with Crippen molar-refractivity contribution in [2.45, 2.75) is 39.8 Å². The number of carbonyl (C=O) groups is 1. The molecule has 0 spiro atoms. The van der Waals surface area contributed by atoms with Crippen LogP contribution in [0.25, 0.3) is 0 Å². The summed E-state index contributed by atoms with van der Waals surface area (Å²) in [6.07, 6.45) is 3.47. The third-order valence-electron chi connectivity index (χ3n) is 2.37. The molecule has 1 rings (SSSR count). The second kappa shape index (κ2) is 5.75. The van der Waals surface area contributed by atoms with Gasteiger partial charge in [0.1, 0.15) is 0 Å².